The van der Waals surface area contributed by atoms with Gasteiger partial charge in [-0.2, -0.15) is 0 Å². The van der Waals surface area contributed by atoms with Crippen LogP contribution >= 0.6 is 0 Å². The van der Waals surface area contributed by atoms with E-state index >= 15 is 0 Å². The predicted molar refractivity (Wildman–Crippen MR) is 161 cm³/mol. The first kappa shape index (κ1) is 26.8. The average molecular weight is 551 g/mol. The Bertz CT molecular complexity index is 1760. The van der Waals surface area contributed by atoms with Crippen LogP contribution in [0.25, 0.3) is 28.8 Å². The summed E-state index contributed by atoms with van der Waals surface area (Å²) in [6.07, 6.45) is 6.44. The number of aromatic nitrogens is 1. The number of hydrogen-bond donors (Lipinski definition) is 2. The lowest BCUT2D eigenvalue weighted by Gasteiger charge is -2.35. The number of hydrogen-bond acceptors (Lipinski definition) is 7. The Hall–Kier alpha value is -4.40. The fraction of sp³-hybridized carbons (Fsp3) is 0.273. The van der Waals surface area contributed by atoms with Crippen LogP contribution in [-0.2, 0) is 11.3 Å². The Morgan fingerprint density at radius 1 is 0.976 bits per heavy atom. The van der Waals surface area contributed by atoms with Gasteiger partial charge < -0.3 is 24.3 Å². The minimum atomic E-state index is 0.0876. The summed E-state index contributed by atoms with van der Waals surface area (Å²) in [6, 6.07) is 18.1. The van der Waals surface area contributed by atoms with Gasteiger partial charge in [0.25, 0.3) is 0 Å². The second kappa shape index (κ2) is 11.2. The number of aromatic amines is 1. The zero-order valence-electron chi connectivity index (χ0n) is 23.7. The molecular formula is C33H34N4O4. The first-order chi connectivity index (χ1) is 19.9. The van der Waals surface area contributed by atoms with Gasteiger partial charge in [0.15, 0.2) is 5.88 Å². The molecule has 0 radical (unpaired) electrons. The average Bonchev–Trinajstić information content (AvgIpc) is 3.51. The van der Waals surface area contributed by atoms with Crippen molar-refractivity contribution in [3.8, 4) is 17.4 Å². The van der Waals surface area contributed by atoms with Crippen molar-refractivity contribution >= 4 is 34.4 Å². The Kier molecular flexibility index (Phi) is 7.34. The number of azo groups is 1. The van der Waals surface area contributed by atoms with E-state index in [0.29, 0.717) is 17.1 Å². The molecule has 0 amide bonds. The molecule has 2 unspecified atom stereocenters. The van der Waals surface area contributed by atoms with Crippen molar-refractivity contribution in [2.75, 3.05) is 27.3 Å². The number of rotatable bonds is 7. The number of morpholine rings is 1. The molecule has 1 fully saturated rings. The SMILES string of the molecule is COc1ccc2[nH]c(O)c(C=c3cc4c(c(OC)c3)=C(/C=C/c3ccc(CN5CC(C)OC(C)C5)cc3)N=N4)c2c1. The maximum absolute atomic E-state index is 10.6. The molecule has 2 aliphatic heterocycles. The third-order valence-corrected chi connectivity index (χ3v) is 7.50. The van der Waals surface area contributed by atoms with Crippen molar-refractivity contribution in [1.29, 1.82) is 0 Å². The summed E-state index contributed by atoms with van der Waals surface area (Å²) in [4.78, 5) is 5.47. The number of methoxy groups -OCH3 is 2. The summed E-state index contributed by atoms with van der Waals surface area (Å²) < 4.78 is 17.0. The molecule has 0 spiro atoms. The zero-order chi connectivity index (χ0) is 28.5. The Labute approximate surface area is 238 Å². The molecule has 3 aromatic carbocycles. The van der Waals surface area contributed by atoms with Crippen molar-refractivity contribution in [3.05, 3.63) is 87.8 Å². The lowest BCUT2D eigenvalue weighted by molar-refractivity contribution is -0.0704. The van der Waals surface area contributed by atoms with Crippen LogP contribution in [0.4, 0.5) is 5.69 Å². The number of nitrogens with one attached hydrogen (secondary N) is 1. The van der Waals surface area contributed by atoms with Gasteiger partial charge in [-0.05, 0) is 72.7 Å². The minimum absolute atomic E-state index is 0.0876. The monoisotopic (exact) mass is 550 g/mol. The van der Waals surface area contributed by atoms with Crippen LogP contribution in [0.5, 0.6) is 17.4 Å². The maximum Gasteiger partial charge on any atom is 0.196 e. The number of nitrogens with zero attached hydrogens (tertiary/aromatic N) is 3. The van der Waals surface area contributed by atoms with Crippen molar-refractivity contribution in [2.24, 2.45) is 10.2 Å². The predicted octanol–water partition coefficient (Wildman–Crippen LogP) is 5.25. The van der Waals surface area contributed by atoms with E-state index in [1.807, 2.05) is 48.6 Å². The van der Waals surface area contributed by atoms with Crippen molar-refractivity contribution < 1.29 is 19.3 Å². The van der Waals surface area contributed by atoms with E-state index in [9.17, 15) is 5.11 Å². The van der Waals surface area contributed by atoms with Crippen LogP contribution in [0.2, 0.25) is 0 Å². The molecule has 0 bridgehead atoms. The highest BCUT2D eigenvalue weighted by molar-refractivity contribution is 5.92. The number of H-pyrrole nitrogens is 1. The van der Waals surface area contributed by atoms with Crippen LogP contribution < -0.4 is 19.9 Å². The molecule has 3 heterocycles. The molecular weight excluding hydrogens is 516 g/mol. The van der Waals surface area contributed by atoms with Gasteiger partial charge >= 0.3 is 0 Å². The van der Waals surface area contributed by atoms with E-state index < -0.39 is 0 Å². The first-order valence-electron chi connectivity index (χ1n) is 13.8. The third kappa shape index (κ3) is 5.62. The molecule has 0 aliphatic carbocycles. The van der Waals surface area contributed by atoms with E-state index in [1.54, 1.807) is 14.2 Å². The molecule has 0 saturated carbocycles. The molecule has 1 aromatic heterocycles. The number of ether oxygens (including phenoxy) is 3. The second-order valence-electron chi connectivity index (χ2n) is 10.7. The van der Waals surface area contributed by atoms with Crippen LogP contribution in [0, 0.1) is 0 Å². The highest BCUT2D eigenvalue weighted by Crippen LogP contribution is 2.31. The normalized spacial score (nSPS) is 19.4. The molecule has 2 aliphatic rings. The lowest BCUT2D eigenvalue weighted by atomic mass is 10.1. The van der Waals surface area contributed by atoms with Crippen molar-refractivity contribution in [1.82, 2.24) is 9.88 Å². The summed E-state index contributed by atoms with van der Waals surface area (Å²) in [5, 5.41) is 22.0. The fourth-order valence-corrected chi connectivity index (χ4v) is 5.67. The van der Waals surface area contributed by atoms with Gasteiger partial charge in [-0.25, -0.2) is 0 Å². The van der Waals surface area contributed by atoms with Gasteiger partial charge in [-0.3, -0.25) is 4.90 Å². The Morgan fingerprint density at radius 3 is 2.49 bits per heavy atom. The summed E-state index contributed by atoms with van der Waals surface area (Å²) in [7, 11) is 3.26. The quantitative estimate of drug-likeness (QED) is 0.328. The Balaban J connectivity index is 1.27. The van der Waals surface area contributed by atoms with Crippen LogP contribution in [0.3, 0.4) is 0 Å². The number of aromatic hydroxyl groups is 1. The third-order valence-electron chi connectivity index (χ3n) is 7.50. The van der Waals surface area contributed by atoms with Crippen LogP contribution in [-0.4, -0.2) is 54.5 Å². The lowest BCUT2D eigenvalue weighted by Crippen LogP contribution is -2.44. The molecule has 8 nitrogen and oxygen atoms in total. The van der Waals surface area contributed by atoms with Crippen molar-refractivity contribution in [2.45, 2.75) is 32.6 Å². The molecule has 2 N–H and O–H groups in total. The van der Waals surface area contributed by atoms with Gasteiger partial charge in [0.2, 0.25) is 0 Å². The molecule has 8 heteroatoms. The fourth-order valence-electron chi connectivity index (χ4n) is 5.67. The molecule has 41 heavy (non-hydrogen) atoms. The molecule has 4 aromatic rings. The largest absolute Gasteiger partial charge is 0.497 e. The second-order valence-corrected chi connectivity index (χ2v) is 10.7. The highest BCUT2D eigenvalue weighted by Gasteiger charge is 2.22. The maximum atomic E-state index is 10.6. The molecule has 210 valence electrons. The smallest absolute Gasteiger partial charge is 0.196 e. The highest BCUT2D eigenvalue weighted by atomic mass is 16.5. The first-order valence-corrected chi connectivity index (χ1v) is 13.8. The van der Waals surface area contributed by atoms with E-state index in [2.05, 4.69) is 58.2 Å². The topological polar surface area (TPSA) is 91.7 Å². The van der Waals surface area contributed by atoms with E-state index in [-0.39, 0.29) is 18.1 Å². The number of benzene rings is 3. The van der Waals surface area contributed by atoms with Gasteiger partial charge in [0, 0.05) is 36.1 Å². The van der Waals surface area contributed by atoms with Crippen LogP contribution in [0.1, 0.15) is 30.5 Å². The van der Waals surface area contributed by atoms with E-state index in [4.69, 9.17) is 14.2 Å². The van der Waals surface area contributed by atoms with Gasteiger partial charge in [-0.15, -0.1) is 10.2 Å². The summed E-state index contributed by atoms with van der Waals surface area (Å²) in [5.74, 6) is 1.47. The van der Waals surface area contributed by atoms with Gasteiger partial charge in [0.1, 0.15) is 11.5 Å². The standard InChI is InChI=1S/C33H34N4O4/c1-20-17-37(18-21(2)41-20)19-23-7-5-22(6-8-23)9-11-29-32-30(36-35-29)14-24(15-31(32)40-4)13-27-26-16-25(39-3)10-12-28(26)34-33(27)38/h5-16,20-21,34,38H,17-19H2,1-4H3/b11-9+,24-13?. The van der Waals surface area contributed by atoms with E-state index in [1.165, 1.54) is 5.56 Å². The summed E-state index contributed by atoms with van der Waals surface area (Å²) >= 11 is 0. The molecule has 6 rings (SSSR count). The molecule has 1 saturated heterocycles. The summed E-state index contributed by atoms with van der Waals surface area (Å²) in [6.45, 7) is 7.09. The minimum Gasteiger partial charge on any atom is -0.497 e. The van der Waals surface area contributed by atoms with Crippen molar-refractivity contribution in [3.63, 3.8) is 0 Å². The Morgan fingerprint density at radius 2 is 1.76 bits per heavy atom. The van der Waals surface area contributed by atoms with Crippen LogP contribution in [0.15, 0.2) is 70.9 Å². The molecule has 2 atom stereocenters. The number of fused-ring (bicyclic) bond motifs is 2. The van der Waals surface area contributed by atoms with E-state index in [0.717, 1.165) is 57.9 Å². The summed E-state index contributed by atoms with van der Waals surface area (Å²) in [5.41, 5.74) is 5.32. The zero-order valence-corrected chi connectivity index (χ0v) is 23.7. The van der Waals surface area contributed by atoms with Gasteiger partial charge in [0.05, 0.1) is 43.0 Å². The van der Waals surface area contributed by atoms with Gasteiger partial charge in [-0.1, -0.05) is 30.3 Å².